The summed E-state index contributed by atoms with van der Waals surface area (Å²) >= 11 is 0. The number of pyridine rings is 2. The minimum atomic E-state index is -4.88. The predicted molar refractivity (Wildman–Crippen MR) is 123 cm³/mol. The first kappa shape index (κ1) is 27.1. The summed E-state index contributed by atoms with van der Waals surface area (Å²) < 4.78 is 82.1. The average Bonchev–Trinajstić information content (AvgIpc) is 3.18. The Morgan fingerprint density at radius 1 is 1.13 bits per heavy atom. The van der Waals surface area contributed by atoms with Gasteiger partial charge in [-0.05, 0) is 30.7 Å². The average molecular weight is 542 g/mol. The molecule has 38 heavy (non-hydrogen) atoms. The summed E-state index contributed by atoms with van der Waals surface area (Å²) in [7, 11) is 0. The van der Waals surface area contributed by atoms with Crippen LogP contribution in [0.5, 0.6) is 0 Å². The Hall–Kier alpha value is -3.94. The number of aliphatic hydroxyl groups is 1. The third kappa shape index (κ3) is 5.08. The number of carbonyl (C=O) groups excluding carboxylic acids is 2. The standard InChI is InChI=1S/C24H20F6N4O4/c1-2-17(24(28,29)30)31-22(38)14-11-33(16-6-4-3-5-15(16)23(25,26)27)21-13(20(14)37)7-8-18(32-21)34-10-12(35)9-19(34)36/h3-8,11-12,17,35H,2,9-10H2,1H3,(H,31,38)/t12-,17?/m0/s1. The number of alkyl halides is 6. The van der Waals surface area contributed by atoms with Gasteiger partial charge in [0.05, 0.1) is 35.7 Å². The summed E-state index contributed by atoms with van der Waals surface area (Å²) in [6.07, 6.45) is -10.8. The van der Waals surface area contributed by atoms with Gasteiger partial charge in [-0.1, -0.05) is 19.1 Å². The van der Waals surface area contributed by atoms with Gasteiger partial charge in [-0.25, -0.2) is 4.98 Å². The fourth-order valence-corrected chi connectivity index (χ4v) is 4.17. The molecule has 1 fully saturated rings. The van der Waals surface area contributed by atoms with Crippen LogP contribution in [0.2, 0.25) is 0 Å². The fraction of sp³-hybridized carbons (Fsp3) is 0.333. The molecule has 2 aromatic heterocycles. The van der Waals surface area contributed by atoms with Crippen LogP contribution in [0.15, 0.2) is 47.4 Å². The highest BCUT2D eigenvalue weighted by Gasteiger charge is 2.40. The second kappa shape index (κ2) is 9.74. The number of nitrogens with one attached hydrogen (secondary N) is 1. The number of fused-ring (bicyclic) bond motifs is 1. The van der Waals surface area contributed by atoms with Gasteiger partial charge >= 0.3 is 12.4 Å². The molecule has 8 nitrogen and oxygen atoms in total. The van der Waals surface area contributed by atoms with Crippen molar-refractivity contribution in [1.82, 2.24) is 14.9 Å². The molecular weight excluding hydrogens is 522 g/mol. The van der Waals surface area contributed by atoms with Crippen LogP contribution in [0.4, 0.5) is 32.2 Å². The molecule has 3 aromatic rings. The highest BCUT2D eigenvalue weighted by atomic mass is 19.4. The number of hydrogen-bond donors (Lipinski definition) is 2. The third-order valence-electron chi connectivity index (χ3n) is 6.04. The number of para-hydroxylation sites is 1. The van der Waals surface area contributed by atoms with E-state index in [2.05, 4.69) is 4.98 Å². The van der Waals surface area contributed by atoms with Gasteiger partial charge in [-0.15, -0.1) is 0 Å². The van der Waals surface area contributed by atoms with E-state index in [0.29, 0.717) is 6.20 Å². The molecule has 0 bridgehead atoms. The highest BCUT2D eigenvalue weighted by Crippen LogP contribution is 2.35. The third-order valence-corrected chi connectivity index (χ3v) is 6.04. The first-order valence-corrected chi connectivity index (χ1v) is 11.3. The Kier molecular flexibility index (Phi) is 6.95. The van der Waals surface area contributed by atoms with Gasteiger partial charge in [-0.3, -0.25) is 23.9 Å². The number of rotatable bonds is 5. The van der Waals surface area contributed by atoms with Crippen molar-refractivity contribution in [2.45, 2.75) is 44.3 Å². The van der Waals surface area contributed by atoms with Crippen LogP contribution in [-0.2, 0) is 11.0 Å². The number of halogens is 6. The summed E-state index contributed by atoms with van der Waals surface area (Å²) in [5.41, 5.74) is -4.00. The van der Waals surface area contributed by atoms with Gasteiger partial charge in [0, 0.05) is 6.20 Å². The summed E-state index contributed by atoms with van der Waals surface area (Å²) in [5, 5.41) is 11.1. The summed E-state index contributed by atoms with van der Waals surface area (Å²) in [4.78, 5) is 43.5. The Morgan fingerprint density at radius 3 is 2.39 bits per heavy atom. The monoisotopic (exact) mass is 542 g/mol. The maximum atomic E-state index is 13.9. The molecule has 4 rings (SSSR count). The molecule has 0 saturated carbocycles. The molecule has 1 aliphatic rings. The molecule has 1 aliphatic heterocycles. The molecule has 0 radical (unpaired) electrons. The number of aliphatic hydroxyl groups excluding tert-OH is 1. The lowest BCUT2D eigenvalue weighted by atomic mass is 10.1. The molecule has 1 aromatic carbocycles. The van der Waals surface area contributed by atoms with Gasteiger partial charge in [0.15, 0.2) is 5.65 Å². The zero-order valence-corrected chi connectivity index (χ0v) is 19.6. The van der Waals surface area contributed by atoms with E-state index in [0.717, 1.165) is 33.7 Å². The van der Waals surface area contributed by atoms with Crippen molar-refractivity contribution in [3.8, 4) is 5.69 Å². The zero-order valence-electron chi connectivity index (χ0n) is 19.6. The van der Waals surface area contributed by atoms with Gasteiger partial charge in [-0.2, -0.15) is 26.3 Å². The normalized spacial score (nSPS) is 17.2. The topological polar surface area (TPSA) is 105 Å². The number of benzene rings is 1. The Balaban J connectivity index is 1.97. The van der Waals surface area contributed by atoms with Crippen molar-refractivity contribution >= 4 is 28.7 Å². The van der Waals surface area contributed by atoms with Crippen molar-refractivity contribution in [2.75, 3.05) is 11.4 Å². The van der Waals surface area contributed by atoms with E-state index in [1.807, 2.05) is 0 Å². The number of carbonyl (C=O) groups is 2. The van der Waals surface area contributed by atoms with Crippen LogP contribution in [0.25, 0.3) is 16.7 Å². The molecule has 2 N–H and O–H groups in total. The SMILES string of the molecule is CCC(NC(=O)c1cn(-c2ccccc2C(F)(F)F)c2nc(N3C[C@@H](O)CC3=O)ccc2c1=O)C(F)(F)F. The lowest BCUT2D eigenvalue weighted by molar-refractivity contribution is -0.153. The molecule has 2 amide bonds. The van der Waals surface area contributed by atoms with Gasteiger partial charge in [0.2, 0.25) is 11.3 Å². The number of nitrogens with zero attached hydrogens (tertiary/aromatic N) is 3. The Morgan fingerprint density at radius 2 is 1.82 bits per heavy atom. The van der Waals surface area contributed by atoms with Crippen molar-refractivity contribution < 1.29 is 41.0 Å². The molecule has 1 unspecified atom stereocenters. The van der Waals surface area contributed by atoms with E-state index in [-0.39, 0.29) is 29.8 Å². The smallest absolute Gasteiger partial charge is 0.391 e. The van der Waals surface area contributed by atoms with Crippen molar-refractivity contribution in [3.63, 3.8) is 0 Å². The number of β-amino-alcohol motifs (C(OH)–C–C–N with tert-alkyl or cyclic N) is 1. The maximum Gasteiger partial charge on any atom is 0.418 e. The summed E-state index contributed by atoms with van der Waals surface area (Å²) in [6.45, 7) is 1.02. The zero-order chi connectivity index (χ0) is 28.0. The van der Waals surface area contributed by atoms with Crippen LogP contribution in [-0.4, -0.2) is 51.3 Å². The molecule has 202 valence electrons. The first-order chi connectivity index (χ1) is 17.7. The van der Waals surface area contributed by atoms with Crippen LogP contribution >= 0.6 is 0 Å². The van der Waals surface area contributed by atoms with Crippen LogP contribution < -0.4 is 15.6 Å². The lowest BCUT2D eigenvalue weighted by Crippen LogP contribution is -2.46. The second-order valence-electron chi connectivity index (χ2n) is 8.64. The van der Waals surface area contributed by atoms with Crippen LogP contribution in [0.3, 0.4) is 0 Å². The highest BCUT2D eigenvalue weighted by molar-refractivity contribution is 5.99. The van der Waals surface area contributed by atoms with Gasteiger partial charge in [0.1, 0.15) is 17.4 Å². The van der Waals surface area contributed by atoms with Crippen LogP contribution in [0.1, 0.15) is 35.7 Å². The second-order valence-corrected chi connectivity index (χ2v) is 8.64. The van der Waals surface area contributed by atoms with Crippen molar-refractivity contribution in [3.05, 3.63) is 63.9 Å². The number of anilines is 1. The predicted octanol–water partition coefficient (Wildman–Crippen LogP) is 3.57. The molecular formula is C24H20F6N4O4. The lowest BCUT2D eigenvalue weighted by Gasteiger charge is -2.22. The number of hydrogen-bond acceptors (Lipinski definition) is 5. The van der Waals surface area contributed by atoms with E-state index < -0.39 is 65.0 Å². The van der Waals surface area contributed by atoms with E-state index >= 15 is 0 Å². The summed E-state index contributed by atoms with van der Waals surface area (Å²) in [6, 6.07) is 4.18. The maximum absolute atomic E-state index is 13.9. The Labute approximate surface area is 210 Å². The molecule has 14 heteroatoms. The van der Waals surface area contributed by atoms with E-state index in [9.17, 15) is 45.8 Å². The number of amides is 2. The largest absolute Gasteiger partial charge is 0.418 e. The Bertz CT molecular complexity index is 1470. The van der Waals surface area contributed by atoms with E-state index in [1.165, 1.54) is 19.1 Å². The summed E-state index contributed by atoms with van der Waals surface area (Å²) in [5.74, 6) is -2.01. The van der Waals surface area contributed by atoms with Crippen molar-refractivity contribution in [2.24, 2.45) is 0 Å². The van der Waals surface area contributed by atoms with E-state index in [4.69, 9.17) is 0 Å². The molecule has 1 saturated heterocycles. The van der Waals surface area contributed by atoms with E-state index in [1.54, 1.807) is 5.32 Å². The fourth-order valence-electron chi connectivity index (χ4n) is 4.17. The van der Waals surface area contributed by atoms with Crippen molar-refractivity contribution in [1.29, 1.82) is 0 Å². The quantitative estimate of drug-likeness (QED) is 0.480. The minimum Gasteiger partial charge on any atom is -0.391 e. The van der Waals surface area contributed by atoms with Gasteiger partial charge in [0.25, 0.3) is 5.91 Å². The minimum absolute atomic E-state index is 0.0722. The van der Waals surface area contributed by atoms with Crippen LogP contribution in [0, 0.1) is 0 Å². The molecule has 0 aliphatic carbocycles. The first-order valence-electron chi connectivity index (χ1n) is 11.3. The molecule has 0 spiro atoms. The van der Waals surface area contributed by atoms with Gasteiger partial charge < -0.3 is 10.4 Å². The number of aromatic nitrogens is 2. The molecule has 2 atom stereocenters. The molecule has 3 heterocycles.